The zero-order valence-corrected chi connectivity index (χ0v) is 26.7. The molecule has 0 spiro atoms. The molecule has 13 heteroatoms. The quantitative estimate of drug-likeness (QED) is 0.203. The molecule has 0 radical (unpaired) electrons. The van der Waals surface area contributed by atoms with E-state index in [2.05, 4.69) is 15.6 Å². The summed E-state index contributed by atoms with van der Waals surface area (Å²) < 4.78 is 52.6. The molecule has 1 aliphatic rings. The molecule has 4 aromatic rings. The normalized spacial score (nSPS) is 15.5. The summed E-state index contributed by atoms with van der Waals surface area (Å²) >= 11 is 0. The minimum absolute atomic E-state index is 0.0559. The third-order valence-electron chi connectivity index (χ3n) is 8.13. The van der Waals surface area contributed by atoms with Crippen LogP contribution in [0.2, 0.25) is 0 Å². The number of nitrogen functional groups attached to an aromatic ring is 1. The largest absolute Gasteiger partial charge is 0.497 e. The molecule has 2 atom stereocenters. The molecule has 3 aromatic carbocycles. The lowest BCUT2D eigenvalue weighted by molar-refractivity contribution is -0.133. The molecule has 2 amide bonds. The number of rotatable bonds is 9. The lowest BCUT2D eigenvalue weighted by atomic mass is 10.00. The van der Waals surface area contributed by atoms with Gasteiger partial charge in [0, 0.05) is 35.1 Å². The second-order valence-electron chi connectivity index (χ2n) is 11.2. The Labute approximate surface area is 266 Å². The number of amides is 2. The van der Waals surface area contributed by atoms with Gasteiger partial charge in [0.2, 0.25) is 5.91 Å². The Balaban J connectivity index is 1.60. The van der Waals surface area contributed by atoms with Crippen LogP contribution in [0.1, 0.15) is 49.9 Å². The first-order chi connectivity index (χ1) is 21.9. The first kappa shape index (κ1) is 32.5. The van der Waals surface area contributed by atoms with Crippen molar-refractivity contribution in [2.45, 2.75) is 48.9 Å². The van der Waals surface area contributed by atoms with Crippen molar-refractivity contribution in [1.29, 1.82) is 0 Å². The Hall–Kier alpha value is -4.91. The summed E-state index contributed by atoms with van der Waals surface area (Å²) in [7, 11) is -1.13. The molecule has 1 saturated heterocycles. The van der Waals surface area contributed by atoms with Crippen LogP contribution in [0.15, 0.2) is 71.8 Å². The van der Waals surface area contributed by atoms with Crippen LogP contribution in [-0.4, -0.2) is 56.3 Å². The Morgan fingerprint density at radius 2 is 1.80 bits per heavy atom. The molecular formula is C33H36FN5O6S. The predicted molar refractivity (Wildman–Crippen MR) is 174 cm³/mol. The van der Waals surface area contributed by atoms with Gasteiger partial charge in [-0.2, -0.15) is 0 Å². The molecule has 0 aliphatic carbocycles. The maximum atomic E-state index is 15.5. The summed E-state index contributed by atoms with van der Waals surface area (Å²) in [5.74, 6) is -0.378. The highest BCUT2D eigenvalue weighted by Crippen LogP contribution is 2.40. The first-order valence-corrected chi connectivity index (χ1v) is 16.3. The lowest BCUT2D eigenvalue weighted by Crippen LogP contribution is -2.38. The van der Waals surface area contributed by atoms with Crippen molar-refractivity contribution in [1.82, 2.24) is 9.88 Å². The molecular weight excluding hydrogens is 613 g/mol. The van der Waals surface area contributed by atoms with Gasteiger partial charge in [0.1, 0.15) is 23.4 Å². The van der Waals surface area contributed by atoms with Gasteiger partial charge in [0.05, 0.1) is 30.4 Å². The third-order valence-corrected chi connectivity index (χ3v) is 10.4. The van der Waals surface area contributed by atoms with Gasteiger partial charge in [-0.3, -0.25) is 10.1 Å². The monoisotopic (exact) mass is 649 g/mol. The Kier molecular flexibility index (Phi) is 9.33. The Morgan fingerprint density at radius 1 is 1.04 bits per heavy atom. The highest BCUT2D eigenvalue weighted by atomic mass is 32.2. The fraction of sp³-hybridized carbons (Fsp3) is 0.303. The van der Waals surface area contributed by atoms with Gasteiger partial charge in [-0.1, -0.05) is 0 Å². The van der Waals surface area contributed by atoms with Crippen molar-refractivity contribution in [2.75, 3.05) is 37.1 Å². The van der Waals surface area contributed by atoms with Gasteiger partial charge >= 0.3 is 6.09 Å². The number of halogens is 1. The SMILES string of the molecule is COC(=O)Nc1ccc(S(=O)(=O)C(C)C)c([C@H]2CCCN2C(=O)[C@@H](Nc2ccc3c(N)nccc3c2)c2cc(OC)ccc2F)c1. The third kappa shape index (κ3) is 6.41. The second-order valence-corrected chi connectivity index (χ2v) is 13.7. The average Bonchev–Trinajstić information content (AvgIpc) is 3.53. The number of anilines is 3. The van der Waals surface area contributed by atoms with Gasteiger partial charge in [0.25, 0.3) is 0 Å². The molecule has 0 unspecified atom stereocenters. The van der Waals surface area contributed by atoms with E-state index in [1.54, 1.807) is 55.3 Å². The number of ether oxygens (including phenoxy) is 2. The van der Waals surface area contributed by atoms with Crippen LogP contribution in [-0.2, 0) is 19.4 Å². The molecule has 1 fully saturated rings. The maximum Gasteiger partial charge on any atom is 0.411 e. The number of nitrogens with two attached hydrogens (primary N) is 1. The van der Waals surface area contributed by atoms with Crippen molar-refractivity contribution < 1.29 is 31.9 Å². The smallest absolute Gasteiger partial charge is 0.411 e. The van der Waals surface area contributed by atoms with Gasteiger partial charge in [-0.25, -0.2) is 22.6 Å². The number of aromatic nitrogens is 1. The van der Waals surface area contributed by atoms with Gasteiger partial charge < -0.3 is 25.4 Å². The van der Waals surface area contributed by atoms with Crippen LogP contribution in [0.3, 0.4) is 0 Å². The van der Waals surface area contributed by atoms with E-state index in [-0.39, 0.29) is 10.5 Å². The minimum atomic E-state index is -3.80. The number of fused-ring (bicyclic) bond motifs is 1. The summed E-state index contributed by atoms with van der Waals surface area (Å²) in [6, 6.07) is 13.8. The molecule has 242 valence electrons. The summed E-state index contributed by atoms with van der Waals surface area (Å²) in [6.45, 7) is 3.45. The summed E-state index contributed by atoms with van der Waals surface area (Å²) in [6.07, 6.45) is 1.87. The molecule has 1 aromatic heterocycles. The van der Waals surface area contributed by atoms with Crippen LogP contribution >= 0.6 is 0 Å². The second kappa shape index (κ2) is 13.2. The van der Waals surface area contributed by atoms with Crippen molar-refractivity contribution >= 4 is 49.8 Å². The fourth-order valence-electron chi connectivity index (χ4n) is 5.69. The van der Waals surface area contributed by atoms with E-state index in [0.717, 1.165) is 10.8 Å². The van der Waals surface area contributed by atoms with Crippen molar-refractivity contribution in [3.63, 3.8) is 0 Å². The van der Waals surface area contributed by atoms with Crippen LogP contribution in [0, 0.1) is 5.82 Å². The predicted octanol–water partition coefficient (Wildman–Crippen LogP) is 5.84. The lowest BCUT2D eigenvalue weighted by Gasteiger charge is -2.32. The van der Waals surface area contributed by atoms with Crippen LogP contribution in [0.5, 0.6) is 5.75 Å². The Morgan fingerprint density at radius 3 is 2.52 bits per heavy atom. The molecule has 4 N–H and O–H groups in total. The zero-order chi connectivity index (χ0) is 33.2. The van der Waals surface area contributed by atoms with E-state index in [1.807, 2.05) is 0 Å². The molecule has 5 rings (SSSR count). The van der Waals surface area contributed by atoms with E-state index in [0.29, 0.717) is 47.9 Å². The summed E-state index contributed by atoms with van der Waals surface area (Å²) in [4.78, 5) is 32.3. The molecule has 2 heterocycles. The van der Waals surface area contributed by atoms with Gasteiger partial charge in [-0.05, 0) is 98.3 Å². The number of methoxy groups -OCH3 is 2. The van der Waals surface area contributed by atoms with Crippen molar-refractivity contribution in [3.8, 4) is 5.75 Å². The van der Waals surface area contributed by atoms with Crippen LogP contribution in [0.4, 0.5) is 26.4 Å². The molecule has 46 heavy (non-hydrogen) atoms. The van der Waals surface area contributed by atoms with Crippen LogP contribution in [0.25, 0.3) is 10.8 Å². The van der Waals surface area contributed by atoms with Crippen molar-refractivity contribution in [3.05, 3.63) is 83.8 Å². The number of carbonyl (C=O) groups excluding carboxylic acids is 2. The number of likely N-dealkylation sites (tertiary alicyclic amines) is 1. The molecule has 11 nitrogen and oxygen atoms in total. The fourth-order valence-corrected chi connectivity index (χ4v) is 6.98. The van der Waals surface area contributed by atoms with Crippen LogP contribution < -0.4 is 21.1 Å². The highest BCUT2D eigenvalue weighted by Gasteiger charge is 2.39. The first-order valence-electron chi connectivity index (χ1n) is 14.7. The topological polar surface area (TPSA) is 153 Å². The van der Waals surface area contributed by atoms with Gasteiger partial charge in [0.15, 0.2) is 9.84 Å². The number of hydrogen-bond acceptors (Lipinski definition) is 9. The van der Waals surface area contributed by atoms with E-state index in [1.165, 1.54) is 44.6 Å². The molecule has 0 saturated carbocycles. The number of pyridine rings is 1. The summed E-state index contributed by atoms with van der Waals surface area (Å²) in [5.41, 5.74) is 7.28. The van der Waals surface area contributed by atoms with E-state index < -0.39 is 45.0 Å². The number of carbonyl (C=O) groups is 2. The number of nitrogens with one attached hydrogen (secondary N) is 2. The molecule has 1 aliphatic heterocycles. The van der Waals surface area contributed by atoms with E-state index in [9.17, 15) is 18.0 Å². The number of hydrogen-bond donors (Lipinski definition) is 3. The minimum Gasteiger partial charge on any atom is -0.497 e. The van der Waals surface area contributed by atoms with Crippen molar-refractivity contribution in [2.24, 2.45) is 0 Å². The highest BCUT2D eigenvalue weighted by molar-refractivity contribution is 7.92. The summed E-state index contributed by atoms with van der Waals surface area (Å²) in [5, 5.41) is 6.55. The Bertz CT molecular complexity index is 1900. The zero-order valence-electron chi connectivity index (χ0n) is 25.9. The molecule has 0 bridgehead atoms. The van der Waals surface area contributed by atoms with E-state index >= 15 is 4.39 Å². The van der Waals surface area contributed by atoms with Gasteiger partial charge in [-0.15, -0.1) is 0 Å². The average molecular weight is 650 g/mol. The van der Waals surface area contributed by atoms with E-state index in [4.69, 9.17) is 15.2 Å². The number of benzene rings is 3. The maximum absolute atomic E-state index is 15.5. The standard InChI is InChI=1S/C33H36FN5O6S/c1-19(2)46(42,43)29-12-8-22(38-33(41)45-4)17-26(29)28-6-5-15-39(28)32(40)30(25-18-23(44-3)9-11-27(25)34)37-21-7-10-24-20(16-21)13-14-36-31(24)35/h7-14,16-19,28,30,37H,5-6,15H2,1-4H3,(H2,35,36)(H,38,41)/t28-,30+/m1/s1. The number of nitrogens with zero attached hydrogens (tertiary/aromatic N) is 2. The number of sulfone groups is 1.